The molecule has 1 aromatic carbocycles. The van der Waals surface area contributed by atoms with Crippen molar-refractivity contribution in [1.82, 2.24) is 19.7 Å². The molecule has 3 heterocycles. The summed E-state index contributed by atoms with van der Waals surface area (Å²) >= 11 is 0. The monoisotopic (exact) mass is 403 g/mol. The van der Waals surface area contributed by atoms with Crippen molar-refractivity contribution in [2.24, 2.45) is 0 Å². The van der Waals surface area contributed by atoms with E-state index in [1.165, 1.54) is 17.1 Å². The van der Waals surface area contributed by atoms with Crippen LogP contribution in [0.4, 0.5) is 5.82 Å². The van der Waals surface area contributed by atoms with E-state index in [1.54, 1.807) is 12.1 Å². The Balaban J connectivity index is 0.00000160. The van der Waals surface area contributed by atoms with Crippen LogP contribution in [0.3, 0.4) is 0 Å². The van der Waals surface area contributed by atoms with E-state index in [1.807, 2.05) is 0 Å². The molecule has 0 spiro atoms. The molecule has 2 aromatic heterocycles. The summed E-state index contributed by atoms with van der Waals surface area (Å²) in [5, 5.41) is 15.1. The molecule has 0 unspecified atom stereocenters. The number of hydrogen-bond acceptors (Lipinski definition) is 5. The van der Waals surface area contributed by atoms with Crippen LogP contribution >= 0.6 is 0 Å². The standard InChI is InChI=1S/C21H25N5O2.Na.H/c1-2-9-26-19-6-4-3-5-17(19)18(23-26)15-24-10-12-25(13-11-24)20-8-7-16(14-22-20)21(27)28;;/h3-8,14H,2,9-13,15H2,1H3,(H,27,28);;/q;+1;-1. The molecular formula is C21H26N5NaO2. The number of fused-ring (bicyclic) bond motifs is 1. The van der Waals surface area contributed by atoms with E-state index >= 15 is 0 Å². The molecule has 7 nitrogen and oxygen atoms in total. The van der Waals surface area contributed by atoms with Crippen molar-refractivity contribution < 1.29 is 40.9 Å². The minimum absolute atomic E-state index is 0. The molecule has 0 bridgehead atoms. The quantitative estimate of drug-likeness (QED) is 0.583. The minimum Gasteiger partial charge on any atom is -1.00 e. The fourth-order valence-corrected chi connectivity index (χ4v) is 3.74. The molecule has 0 radical (unpaired) electrons. The van der Waals surface area contributed by atoms with Crippen LogP contribution in [-0.2, 0) is 13.1 Å². The third-order valence-corrected chi connectivity index (χ3v) is 5.23. The molecule has 1 aliphatic heterocycles. The second kappa shape index (κ2) is 9.71. The van der Waals surface area contributed by atoms with Gasteiger partial charge in [0.1, 0.15) is 5.82 Å². The van der Waals surface area contributed by atoms with E-state index < -0.39 is 5.97 Å². The van der Waals surface area contributed by atoms with Gasteiger partial charge in [-0.1, -0.05) is 25.1 Å². The van der Waals surface area contributed by atoms with Gasteiger partial charge in [0.2, 0.25) is 0 Å². The molecule has 148 valence electrons. The summed E-state index contributed by atoms with van der Waals surface area (Å²) in [5.74, 6) is -0.110. The van der Waals surface area contributed by atoms with Gasteiger partial charge in [0, 0.05) is 50.9 Å². The number of aryl methyl sites for hydroxylation is 1. The molecule has 1 N–H and O–H groups in total. The van der Waals surface area contributed by atoms with Gasteiger partial charge in [0.15, 0.2) is 0 Å². The van der Waals surface area contributed by atoms with Crippen LogP contribution in [0.25, 0.3) is 10.9 Å². The predicted molar refractivity (Wildman–Crippen MR) is 110 cm³/mol. The van der Waals surface area contributed by atoms with Crippen LogP contribution in [0, 0.1) is 0 Å². The number of carboxylic acid groups (broad SMARTS) is 1. The molecule has 4 rings (SSSR count). The van der Waals surface area contributed by atoms with Gasteiger partial charge in [-0.3, -0.25) is 9.58 Å². The first-order valence-electron chi connectivity index (χ1n) is 9.77. The zero-order valence-electron chi connectivity index (χ0n) is 18.1. The molecular weight excluding hydrogens is 377 g/mol. The van der Waals surface area contributed by atoms with Crippen LogP contribution in [0.1, 0.15) is 30.8 Å². The van der Waals surface area contributed by atoms with Crippen LogP contribution < -0.4 is 34.5 Å². The zero-order valence-corrected chi connectivity index (χ0v) is 19.1. The molecule has 0 saturated carbocycles. The molecule has 1 saturated heterocycles. The average Bonchev–Trinajstić information content (AvgIpc) is 3.06. The maximum atomic E-state index is 11.0. The second-order valence-electron chi connectivity index (χ2n) is 7.16. The van der Waals surface area contributed by atoms with Crippen LogP contribution in [0.15, 0.2) is 42.6 Å². The van der Waals surface area contributed by atoms with Gasteiger partial charge in [-0.25, -0.2) is 9.78 Å². The number of hydrogen-bond donors (Lipinski definition) is 1. The summed E-state index contributed by atoms with van der Waals surface area (Å²) in [4.78, 5) is 19.9. The first kappa shape index (κ1) is 21.8. The summed E-state index contributed by atoms with van der Waals surface area (Å²) in [6.45, 7) is 7.55. The van der Waals surface area contributed by atoms with Crippen molar-refractivity contribution in [3.05, 3.63) is 53.9 Å². The maximum Gasteiger partial charge on any atom is 1.00 e. The number of benzene rings is 1. The molecule has 1 aliphatic rings. The number of carbonyl (C=O) groups is 1. The van der Waals surface area contributed by atoms with E-state index in [2.05, 4.69) is 50.7 Å². The van der Waals surface area contributed by atoms with Gasteiger partial charge in [0.25, 0.3) is 0 Å². The number of anilines is 1. The van der Waals surface area contributed by atoms with E-state index in [-0.39, 0.29) is 36.5 Å². The van der Waals surface area contributed by atoms with E-state index in [0.717, 1.165) is 57.2 Å². The van der Waals surface area contributed by atoms with Gasteiger partial charge in [-0.2, -0.15) is 5.10 Å². The van der Waals surface area contributed by atoms with Crippen molar-refractivity contribution in [3.63, 3.8) is 0 Å². The molecule has 29 heavy (non-hydrogen) atoms. The third kappa shape index (κ3) is 4.80. The van der Waals surface area contributed by atoms with Crippen LogP contribution in [0.2, 0.25) is 0 Å². The predicted octanol–water partition coefficient (Wildman–Crippen LogP) is -0.0218. The Hall–Kier alpha value is -1.93. The Bertz CT molecular complexity index is 971. The Kier molecular flexibility index (Phi) is 7.29. The molecule has 3 aromatic rings. The van der Waals surface area contributed by atoms with Crippen molar-refractivity contribution in [1.29, 1.82) is 0 Å². The van der Waals surface area contributed by atoms with Gasteiger partial charge in [-0.05, 0) is 24.6 Å². The number of aromatic nitrogens is 3. The minimum atomic E-state index is -0.946. The van der Waals surface area contributed by atoms with E-state index in [0.29, 0.717) is 0 Å². The molecule has 0 atom stereocenters. The zero-order chi connectivity index (χ0) is 19.5. The number of para-hydroxylation sites is 1. The molecule has 1 fully saturated rings. The number of pyridine rings is 1. The fraction of sp³-hybridized carbons (Fsp3) is 0.381. The molecule has 8 heteroatoms. The van der Waals surface area contributed by atoms with Crippen molar-refractivity contribution >= 4 is 22.7 Å². The van der Waals surface area contributed by atoms with Crippen molar-refractivity contribution in [2.75, 3.05) is 31.1 Å². The molecule has 0 aliphatic carbocycles. The number of nitrogens with zero attached hydrogens (tertiary/aromatic N) is 5. The van der Waals surface area contributed by atoms with Crippen LogP contribution in [0.5, 0.6) is 0 Å². The van der Waals surface area contributed by atoms with E-state index in [4.69, 9.17) is 10.2 Å². The second-order valence-corrected chi connectivity index (χ2v) is 7.16. The Morgan fingerprint density at radius 1 is 1.14 bits per heavy atom. The summed E-state index contributed by atoms with van der Waals surface area (Å²) in [7, 11) is 0. The number of aromatic carboxylic acids is 1. The van der Waals surface area contributed by atoms with Gasteiger partial charge in [0.05, 0.1) is 16.8 Å². The van der Waals surface area contributed by atoms with Crippen molar-refractivity contribution in [2.45, 2.75) is 26.4 Å². The summed E-state index contributed by atoms with van der Waals surface area (Å²) in [6.07, 6.45) is 2.49. The largest absolute Gasteiger partial charge is 1.00 e. The van der Waals surface area contributed by atoms with E-state index in [9.17, 15) is 4.79 Å². The van der Waals surface area contributed by atoms with Crippen molar-refractivity contribution in [3.8, 4) is 0 Å². The first-order valence-corrected chi connectivity index (χ1v) is 9.77. The third-order valence-electron chi connectivity index (χ3n) is 5.23. The topological polar surface area (TPSA) is 74.5 Å². The molecule has 0 amide bonds. The Labute approximate surface area is 194 Å². The van der Waals surface area contributed by atoms with Gasteiger partial charge < -0.3 is 11.4 Å². The summed E-state index contributed by atoms with van der Waals surface area (Å²) < 4.78 is 2.12. The van der Waals surface area contributed by atoms with Gasteiger partial charge >= 0.3 is 35.5 Å². The average molecular weight is 403 g/mol. The Morgan fingerprint density at radius 3 is 2.55 bits per heavy atom. The maximum absolute atomic E-state index is 11.0. The fourth-order valence-electron chi connectivity index (χ4n) is 3.74. The Morgan fingerprint density at radius 2 is 1.90 bits per heavy atom. The number of carboxylic acids is 1. The summed E-state index contributed by atoms with van der Waals surface area (Å²) in [5.41, 5.74) is 2.57. The normalized spacial score (nSPS) is 14.7. The SMILES string of the molecule is CCCn1nc(CN2CCN(c3ccc(C(=O)O)cn3)CC2)c2ccccc21.[H-].[Na+]. The number of piperazine rings is 1. The first-order chi connectivity index (χ1) is 13.7. The smallest absolute Gasteiger partial charge is 1.00 e. The number of rotatable bonds is 6. The van der Waals surface area contributed by atoms with Crippen LogP contribution in [-0.4, -0.2) is 56.9 Å². The summed E-state index contributed by atoms with van der Waals surface area (Å²) in [6, 6.07) is 11.9. The van der Waals surface area contributed by atoms with Gasteiger partial charge in [-0.15, -0.1) is 0 Å².